The Morgan fingerprint density at radius 2 is 2.17 bits per heavy atom. The van der Waals surface area contributed by atoms with E-state index in [2.05, 4.69) is 15.5 Å². The smallest absolute Gasteiger partial charge is 0.246 e. The fourth-order valence-corrected chi connectivity index (χ4v) is 2.51. The predicted molar refractivity (Wildman–Crippen MR) is 65.5 cm³/mol. The molecule has 1 aliphatic rings. The van der Waals surface area contributed by atoms with E-state index >= 15 is 0 Å². The van der Waals surface area contributed by atoms with Crippen LogP contribution in [0.4, 0.5) is 0 Å². The van der Waals surface area contributed by atoms with Crippen LogP contribution < -0.4 is 11.1 Å². The van der Waals surface area contributed by atoms with Gasteiger partial charge in [-0.05, 0) is 19.8 Å². The lowest BCUT2D eigenvalue weighted by molar-refractivity contribution is -0.132. The summed E-state index contributed by atoms with van der Waals surface area (Å²) < 4.78 is 4.96. The SMILES string of the molecule is Cc1noc(CNC(=O)C2(CN)CCCCC2)n1. The van der Waals surface area contributed by atoms with Crippen molar-refractivity contribution in [2.45, 2.75) is 45.6 Å². The molecule has 3 N–H and O–H groups in total. The van der Waals surface area contributed by atoms with E-state index < -0.39 is 5.41 Å². The highest BCUT2D eigenvalue weighted by Gasteiger charge is 2.38. The molecule has 1 aliphatic carbocycles. The number of aryl methyl sites for hydroxylation is 1. The van der Waals surface area contributed by atoms with E-state index in [4.69, 9.17) is 10.3 Å². The van der Waals surface area contributed by atoms with Crippen LogP contribution in [0.2, 0.25) is 0 Å². The Hall–Kier alpha value is -1.43. The number of nitrogens with one attached hydrogen (secondary N) is 1. The third kappa shape index (κ3) is 2.69. The number of aromatic nitrogens is 2. The zero-order valence-corrected chi connectivity index (χ0v) is 10.7. The lowest BCUT2D eigenvalue weighted by atomic mass is 9.73. The maximum Gasteiger partial charge on any atom is 0.246 e. The van der Waals surface area contributed by atoms with Gasteiger partial charge in [-0.2, -0.15) is 4.98 Å². The van der Waals surface area contributed by atoms with Crippen molar-refractivity contribution in [2.75, 3.05) is 6.54 Å². The van der Waals surface area contributed by atoms with E-state index in [9.17, 15) is 4.79 Å². The highest BCUT2D eigenvalue weighted by atomic mass is 16.5. The molecule has 0 unspecified atom stereocenters. The van der Waals surface area contributed by atoms with Crippen LogP contribution in [0.15, 0.2) is 4.52 Å². The Kier molecular flexibility index (Phi) is 3.96. The number of carbonyl (C=O) groups excluding carboxylic acids is 1. The van der Waals surface area contributed by atoms with Crippen LogP contribution >= 0.6 is 0 Å². The van der Waals surface area contributed by atoms with Crippen LogP contribution in [0.5, 0.6) is 0 Å². The van der Waals surface area contributed by atoms with Gasteiger partial charge in [0.2, 0.25) is 11.8 Å². The maximum atomic E-state index is 12.3. The standard InChI is InChI=1S/C12H20N4O2/c1-9-15-10(18-16-9)7-14-11(17)12(8-13)5-3-2-4-6-12/h2-8,13H2,1H3,(H,14,17). The van der Waals surface area contributed by atoms with E-state index in [0.717, 1.165) is 25.7 Å². The molecule has 1 amide bonds. The molecule has 1 aromatic rings. The van der Waals surface area contributed by atoms with Crippen LogP contribution in [-0.4, -0.2) is 22.6 Å². The number of rotatable bonds is 4. The minimum atomic E-state index is -0.396. The number of hydrogen-bond donors (Lipinski definition) is 2. The summed E-state index contributed by atoms with van der Waals surface area (Å²) >= 11 is 0. The van der Waals surface area contributed by atoms with Gasteiger partial charge in [-0.25, -0.2) is 0 Å². The molecule has 0 spiro atoms. The van der Waals surface area contributed by atoms with Gasteiger partial charge in [-0.3, -0.25) is 4.79 Å². The number of amides is 1. The van der Waals surface area contributed by atoms with Crippen LogP contribution in [0, 0.1) is 12.3 Å². The van der Waals surface area contributed by atoms with E-state index in [0.29, 0.717) is 18.3 Å². The molecule has 0 aliphatic heterocycles. The van der Waals surface area contributed by atoms with E-state index in [1.54, 1.807) is 6.92 Å². The Bertz CT molecular complexity index is 410. The minimum absolute atomic E-state index is 0.0144. The zero-order valence-electron chi connectivity index (χ0n) is 10.7. The Morgan fingerprint density at radius 1 is 1.44 bits per heavy atom. The van der Waals surface area contributed by atoms with Crippen LogP contribution in [-0.2, 0) is 11.3 Å². The summed E-state index contributed by atoms with van der Waals surface area (Å²) in [4.78, 5) is 16.3. The van der Waals surface area contributed by atoms with Crippen LogP contribution in [0.1, 0.15) is 43.8 Å². The number of nitrogens with two attached hydrogens (primary N) is 1. The molecule has 6 nitrogen and oxygen atoms in total. The van der Waals surface area contributed by atoms with Gasteiger partial charge in [0.25, 0.3) is 0 Å². The van der Waals surface area contributed by atoms with E-state index in [1.807, 2.05) is 0 Å². The van der Waals surface area contributed by atoms with Gasteiger partial charge in [0, 0.05) is 6.54 Å². The molecular weight excluding hydrogens is 232 g/mol. The first-order valence-electron chi connectivity index (χ1n) is 6.44. The van der Waals surface area contributed by atoms with E-state index in [-0.39, 0.29) is 12.5 Å². The topological polar surface area (TPSA) is 94.0 Å². The van der Waals surface area contributed by atoms with Crippen molar-refractivity contribution in [1.82, 2.24) is 15.5 Å². The van der Waals surface area contributed by atoms with Gasteiger partial charge < -0.3 is 15.6 Å². The van der Waals surface area contributed by atoms with Gasteiger partial charge in [0.15, 0.2) is 5.82 Å². The maximum absolute atomic E-state index is 12.3. The summed E-state index contributed by atoms with van der Waals surface area (Å²) in [6, 6.07) is 0. The van der Waals surface area contributed by atoms with Crippen molar-refractivity contribution in [3.63, 3.8) is 0 Å². The summed E-state index contributed by atoms with van der Waals surface area (Å²) in [5.41, 5.74) is 5.40. The molecule has 18 heavy (non-hydrogen) atoms. The molecule has 0 saturated heterocycles. The molecule has 0 radical (unpaired) electrons. The molecule has 1 aromatic heterocycles. The van der Waals surface area contributed by atoms with Crippen LogP contribution in [0.3, 0.4) is 0 Å². The van der Waals surface area contributed by atoms with Crippen molar-refractivity contribution in [1.29, 1.82) is 0 Å². The summed E-state index contributed by atoms with van der Waals surface area (Å²) in [6.45, 7) is 2.43. The third-order valence-electron chi connectivity index (χ3n) is 3.65. The van der Waals surface area contributed by atoms with Gasteiger partial charge in [-0.15, -0.1) is 0 Å². The fourth-order valence-electron chi connectivity index (χ4n) is 2.51. The summed E-state index contributed by atoms with van der Waals surface area (Å²) in [5, 5.41) is 6.54. The normalized spacial score (nSPS) is 18.6. The first kappa shape index (κ1) is 13.0. The minimum Gasteiger partial charge on any atom is -0.346 e. The molecule has 6 heteroatoms. The Balaban J connectivity index is 1.93. The van der Waals surface area contributed by atoms with Crippen molar-refractivity contribution >= 4 is 5.91 Å². The highest BCUT2D eigenvalue weighted by molar-refractivity contribution is 5.82. The van der Waals surface area contributed by atoms with Gasteiger partial charge >= 0.3 is 0 Å². The number of carbonyl (C=O) groups is 1. The second kappa shape index (κ2) is 5.48. The molecule has 1 saturated carbocycles. The number of hydrogen-bond acceptors (Lipinski definition) is 5. The van der Waals surface area contributed by atoms with Crippen molar-refractivity contribution in [3.8, 4) is 0 Å². The zero-order chi connectivity index (χ0) is 13.0. The van der Waals surface area contributed by atoms with Gasteiger partial charge in [-0.1, -0.05) is 24.4 Å². The summed E-state index contributed by atoms with van der Waals surface area (Å²) in [6.07, 6.45) is 5.09. The third-order valence-corrected chi connectivity index (χ3v) is 3.65. The number of nitrogens with zero attached hydrogens (tertiary/aromatic N) is 2. The molecule has 0 bridgehead atoms. The first-order valence-corrected chi connectivity index (χ1v) is 6.44. The van der Waals surface area contributed by atoms with E-state index in [1.165, 1.54) is 6.42 Å². The monoisotopic (exact) mass is 252 g/mol. The molecule has 0 aromatic carbocycles. The molecule has 0 atom stereocenters. The summed E-state index contributed by atoms with van der Waals surface area (Å²) in [7, 11) is 0. The first-order chi connectivity index (χ1) is 8.66. The van der Waals surface area contributed by atoms with Gasteiger partial charge in [0.05, 0.1) is 12.0 Å². The predicted octanol–water partition coefficient (Wildman–Crippen LogP) is 0.903. The molecule has 1 fully saturated rings. The second-order valence-electron chi connectivity index (χ2n) is 4.96. The highest BCUT2D eigenvalue weighted by Crippen LogP contribution is 2.35. The second-order valence-corrected chi connectivity index (χ2v) is 4.96. The largest absolute Gasteiger partial charge is 0.346 e. The average molecular weight is 252 g/mol. The quantitative estimate of drug-likeness (QED) is 0.830. The van der Waals surface area contributed by atoms with Crippen LogP contribution in [0.25, 0.3) is 0 Å². The van der Waals surface area contributed by atoms with Crippen molar-refractivity contribution in [3.05, 3.63) is 11.7 Å². The Labute approximate surface area is 106 Å². The Morgan fingerprint density at radius 3 is 2.72 bits per heavy atom. The molecular formula is C12H20N4O2. The lowest BCUT2D eigenvalue weighted by Crippen LogP contribution is -2.46. The molecule has 1 heterocycles. The lowest BCUT2D eigenvalue weighted by Gasteiger charge is -2.34. The van der Waals surface area contributed by atoms with Crippen molar-refractivity contribution < 1.29 is 9.32 Å². The molecule has 2 rings (SSSR count). The van der Waals surface area contributed by atoms with Crippen molar-refractivity contribution in [2.24, 2.45) is 11.1 Å². The summed E-state index contributed by atoms with van der Waals surface area (Å²) in [5.74, 6) is 1.02. The fraction of sp³-hybridized carbons (Fsp3) is 0.750. The average Bonchev–Trinajstić information content (AvgIpc) is 2.82. The van der Waals surface area contributed by atoms with Gasteiger partial charge in [0.1, 0.15) is 0 Å². The molecule has 100 valence electrons.